The third kappa shape index (κ3) is 13.8. The summed E-state index contributed by atoms with van der Waals surface area (Å²) in [5, 5.41) is 0. The minimum absolute atomic E-state index is 0.0479. The summed E-state index contributed by atoms with van der Waals surface area (Å²) in [6.07, 6.45) is 6.34. The molecule has 0 radical (unpaired) electrons. The van der Waals surface area contributed by atoms with E-state index < -0.39 is 9.84 Å². The summed E-state index contributed by atoms with van der Waals surface area (Å²) in [6.45, 7) is 20.6. The van der Waals surface area contributed by atoms with Crippen LogP contribution in [0.15, 0.2) is 29.2 Å². The van der Waals surface area contributed by atoms with Crippen molar-refractivity contribution >= 4 is 21.6 Å². The molecular formula is C32H61N5O3S. The van der Waals surface area contributed by atoms with Gasteiger partial charge in [-0.3, -0.25) is 0 Å². The maximum absolute atomic E-state index is 13.9. The second-order valence-corrected chi connectivity index (χ2v) is 13.8. The average molecular weight is 596 g/mol. The lowest BCUT2D eigenvalue weighted by atomic mass is 10.2. The molecule has 0 N–H and O–H groups in total. The molecule has 238 valence electrons. The molecule has 41 heavy (non-hydrogen) atoms. The number of carbonyl (C=O) groups is 1. The summed E-state index contributed by atoms with van der Waals surface area (Å²) < 4.78 is 26.4. The molecule has 1 rings (SSSR count). The first-order valence-electron chi connectivity index (χ1n) is 16.0. The first kappa shape index (κ1) is 37.2. The fraction of sp³-hybridized carbons (Fsp3) is 0.781. The largest absolute Gasteiger partial charge is 0.378 e. The van der Waals surface area contributed by atoms with E-state index in [0.29, 0.717) is 18.0 Å². The second kappa shape index (κ2) is 20.1. The van der Waals surface area contributed by atoms with Crippen LogP contribution in [0.2, 0.25) is 0 Å². The molecule has 0 saturated carbocycles. The van der Waals surface area contributed by atoms with Crippen molar-refractivity contribution in [3.8, 4) is 0 Å². The number of rotatable bonds is 22. The van der Waals surface area contributed by atoms with E-state index in [1.807, 2.05) is 49.9 Å². The SMILES string of the molecule is CCCN(CCC)CCCN(CCCN(CCC)CCC)C(=O)N(CCS(=O)(=O)c1ccc(N(C)C)cc1)C(C)C. The van der Waals surface area contributed by atoms with Gasteiger partial charge in [0.1, 0.15) is 0 Å². The van der Waals surface area contributed by atoms with Crippen molar-refractivity contribution in [3.63, 3.8) is 0 Å². The zero-order valence-electron chi connectivity index (χ0n) is 27.6. The smallest absolute Gasteiger partial charge is 0.320 e. The molecule has 0 heterocycles. The number of nitrogens with zero attached hydrogens (tertiary/aromatic N) is 5. The summed E-state index contributed by atoms with van der Waals surface area (Å²) in [5.74, 6) is -0.0897. The van der Waals surface area contributed by atoms with Gasteiger partial charge in [-0.05, 0) is 116 Å². The molecule has 8 nitrogen and oxygen atoms in total. The minimum Gasteiger partial charge on any atom is -0.378 e. The van der Waals surface area contributed by atoms with Gasteiger partial charge in [0, 0.05) is 45.5 Å². The van der Waals surface area contributed by atoms with Crippen LogP contribution in [-0.2, 0) is 9.84 Å². The highest BCUT2D eigenvalue weighted by molar-refractivity contribution is 7.91. The van der Waals surface area contributed by atoms with E-state index in [9.17, 15) is 13.2 Å². The molecule has 0 saturated heterocycles. The normalized spacial score (nSPS) is 12.0. The number of anilines is 1. The predicted molar refractivity (Wildman–Crippen MR) is 175 cm³/mol. The molecule has 0 bridgehead atoms. The van der Waals surface area contributed by atoms with Gasteiger partial charge in [0.25, 0.3) is 0 Å². The lowest BCUT2D eigenvalue weighted by Gasteiger charge is -2.34. The highest BCUT2D eigenvalue weighted by Crippen LogP contribution is 2.18. The Labute approximate surface area is 253 Å². The summed E-state index contributed by atoms with van der Waals surface area (Å²) in [7, 11) is 0.340. The number of carbonyl (C=O) groups excluding carboxylic acids is 1. The standard InChI is InChI=1S/C32H61N5O3S/c1-9-19-34(20-10-2)23-13-25-36(26-14-24-35(21-11-3)22-12-4)32(38)37(29(5)6)27-28-41(39,40)31-17-15-30(16-18-31)33(7)8/h15-18,29H,9-14,19-28H2,1-8H3. The van der Waals surface area contributed by atoms with Crippen LogP contribution in [0.5, 0.6) is 0 Å². The molecule has 9 heteroatoms. The van der Waals surface area contributed by atoms with Crippen molar-refractivity contribution in [1.29, 1.82) is 0 Å². The maximum atomic E-state index is 13.9. The van der Waals surface area contributed by atoms with Crippen molar-refractivity contribution in [1.82, 2.24) is 19.6 Å². The zero-order valence-corrected chi connectivity index (χ0v) is 28.4. The summed E-state index contributed by atoms with van der Waals surface area (Å²) in [5.41, 5.74) is 0.950. The number of urea groups is 1. The van der Waals surface area contributed by atoms with Crippen LogP contribution < -0.4 is 4.90 Å². The van der Waals surface area contributed by atoms with Gasteiger partial charge in [-0.2, -0.15) is 0 Å². The average Bonchev–Trinajstić information content (AvgIpc) is 2.92. The van der Waals surface area contributed by atoms with Crippen molar-refractivity contribution in [2.75, 3.05) is 83.7 Å². The Balaban J connectivity index is 3.00. The first-order chi connectivity index (χ1) is 19.5. The quantitative estimate of drug-likeness (QED) is 0.172. The fourth-order valence-electron chi connectivity index (χ4n) is 5.25. The topological polar surface area (TPSA) is 67.4 Å². The number of sulfone groups is 1. The van der Waals surface area contributed by atoms with Gasteiger partial charge in [-0.25, -0.2) is 13.2 Å². The summed E-state index contributed by atoms with van der Waals surface area (Å²) in [4.78, 5) is 24.9. The lowest BCUT2D eigenvalue weighted by molar-refractivity contribution is 0.136. The van der Waals surface area contributed by atoms with Crippen molar-refractivity contribution in [2.24, 2.45) is 0 Å². The molecule has 1 aromatic rings. The molecule has 0 aliphatic rings. The van der Waals surface area contributed by atoms with Gasteiger partial charge >= 0.3 is 6.03 Å². The van der Waals surface area contributed by atoms with E-state index in [-0.39, 0.29) is 24.4 Å². The van der Waals surface area contributed by atoms with Gasteiger partial charge in [0.05, 0.1) is 10.6 Å². The Bertz CT molecular complexity index is 903. The number of amides is 2. The molecule has 0 aliphatic heterocycles. The maximum Gasteiger partial charge on any atom is 0.320 e. The molecular weight excluding hydrogens is 534 g/mol. The van der Waals surface area contributed by atoms with Crippen LogP contribution in [0.3, 0.4) is 0 Å². The highest BCUT2D eigenvalue weighted by atomic mass is 32.2. The van der Waals surface area contributed by atoms with Crippen molar-refractivity contribution in [2.45, 2.75) is 91.0 Å². The van der Waals surface area contributed by atoms with Crippen molar-refractivity contribution in [3.05, 3.63) is 24.3 Å². The fourth-order valence-corrected chi connectivity index (χ4v) is 6.48. The number of hydrogen-bond donors (Lipinski definition) is 0. The summed E-state index contributed by atoms with van der Waals surface area (Å²) in [6, 6.07) is 6.82. The Morgan fingerprint density at radius 2 is 1.12 bits per heavy atom. The van der Waals surface area contributed by atoms with E-state index >= 15 is 0 Å². The van der Waals surface area contributed by atoms with Crippen LogP contribution in [0, 0.1) is 0 Å². The third-order valence-electron chi connectivity index (χ3n) is 7.42. The van der Waals surface area contributed by atoms with Gasteiger partial charge in [0.2, 0.25) is 0 Å². The van der Waals surface area contributed by atoms with Crippen LogP contribution in [0.1, 0.15) is 80.1 Å². The van der Waals surface area contributed by atoms with Crippen LogP contribution in [0.25, 0.3) is 0 Å². The van der Waals surface area contributed by atoms with Crippen LogP contribution in [0.4, 0.5) is 10.5 Å². The van der Waals surface area contributed by atoms with Gasteiger partial charge in [-0.1, -0.05) is 27.7 Å². The van der Waals surface area contributed by atoms with E-state index in [2.05, 4.69) is 37.5 Å². The molecule has 0 atom stereocenters. The molecule has 0 aliphatic carbocycles. The molecule has 0 fully saturated rings. The first-order valence-corrected chi connectivity index (χ1v) is 17.7. The minimum atomic E-state index is -3.52. The number of hydrogen-bond acceptors (Lipinski definition) is 6. The molecule has 2 amide bonds. The Morgan fingerprint density at radius 3 is 1.49 bits per heavy atom. The molecule has 1 aromatic carbocycles. The second-order valence-electron chi connectivity index (χ2n) is 11.7. The Kier molecular flexibility index (Phi) is 18.3. The lowest BCUT2D eigenvalue weighted by Crippen LogP contribution is -2.49. The van der Waals surface area contributed by atoms with E-state index in [0.717, 1.165) is 83.5 Å². The Morgan fingerprint density at radius 1 is 0.683 bits per heavy atom. The predicted octanol–water partition coefficient (Wildman–Crippen LogP) is 5.68. The molecule has 0 spiro atoms. The number of benzene rings is 1. The zero-order chi connectivity index (χ0) is 30.8. The van der Waals surface area contributed by atoms with Crippen molar-refractivity contribution < 1.29 is 13.2 Å². The van der Waals surface area contributed by atoms with Gasteiger partial charge in [-0.15, -0.1) is 0 Å². The van der Waals surface area contributed by atoms with E-state index in [1.54, 1.807) is 17.0 Å². The van der Waals surface area contributed by atoms with E-state index in [4.69, 9.17) is 0 Å². The van der Waals surface area contributed by atoms with Gasteiger partial charge in [0.15, 0.2) is 9.84 Å². The summed E-state index contributed by atoms with van der Waals surface area (Å²) >= 11 is 0. The molecule has 0 aromatic heterocycles. The van der Waals surface area contributed by atoms with E-state index in [1.165, 1.54) is 0 Å². The Hall–Kier alpha value is -1.84. The molecule has 0 unspecified atom stereocenters. The monoisotopic (exact) mass is 595 g/mol. The third-order valence-corrected chi connectivity index (χ3v) is 9.13. The van der Waals surface area contributed by atoms with Gasteiger partial charge < -0.3 is 24.5 Å². The van der Waals surface area contributed by atoms with Crippen LogP contribution >= 0.6 is 0 Å². The highest BCUT2D eigenvalue weighted by Gasteiger charge is 2.26. The van der Waals surface area contributed by atoms with Crippen LogP contribution in [-0.4, -0.2) is 119 Å².